The number of aryl methyl sites for hydroxylation is 2. The van der Waals surface area contributed by atoms with Crippen LogP contribution in [0.2, 0.25) is 0 Å². The Bertz CT molecular complexity index is 808. The standard InChI is InChI=1S/C15H15N5OS/c1-9-5-3-4-6-11(9)8-13-19-20-15(22-13)16-14(21)12-7-10(2)17-18-12/h3-7H,8H2,1-2H3,(H,17,18)(H,16,20,21). The molecule has 0 bridgehead atoms. The summed E-state index contributed by atoms with van der Waals surface area (Å²) in [6.07, 6.45) is 0.710. The summed E-state index contributed by atoms with van der Waals surface area (Å²) in [5.41, 5.74) is 3.60. The molecule has 0 aliphatic heterocycles. The maximum atomic E-state index is 12.0. The lowest BCUT2D eigenvalue weighted by molar-refractivity contribution is 0.102. The van der Waals surface area contributed by atoms with Gasteiger partial charge < -0.3 is 0 Å². The van der Waals surface area contributed by atoms with Crippen molar-refractivity contribution in [2.45, 2.75) is 20.3 Å². The molecule has 2 N–H and O–H groups in total. The molecule has 0 atom stereocenters. The molecule has 1 amide bonds. The van der Waals surface area contributed by atoms with Gasteiger partial charge >= 0.3 is 0 Å². The summed E-state index contributed by atoms with van der Waals surface area (Å²) in [5.74, 6) is -0.289. The normalized spacial score (nSPS) is 10.6. The summed E-state index contributed by atoms with van der Waals surface area (Å²) >= 11 is 1.37. The summed E-state index contributed by atoms with van der Waals surface area (Å²) < 4.78 is 0. The number of benzene rings is 1. The predicted octanol–water partition coefficient (Wildman–Crippen LogP) is 2.72. The van der Waals surface area contributed by atoms with Crippen LogP contribution in [0.25, 0.3) is 0 Å². The highest BCUT2D eigenvalue weighted by molar-refractivity contribution is 7.15. The second kappa shape index (κ2) is 6.07. The average Bonchev–Trinajstić information content (AvgIpc) is 3.11. The lowest BCUT2D eigenvalue weighted by Gasteiger charge is -2.01. The van der Waals surface area contributed by atoms with Crippen molar-refractivity contribution in [2.75, 3.05) is 5.32 Å². The molecule has 6 nitrogen and oxygen atoms in total. The Kier molecular flexibility index (Phi) is 3.97. The third-order valence-electron chi connectivity index (χ3n) is 3.23. The molecule has 0 aliphatic carbocycles. The Morgan fingerprint density at radius 2 is 2.09 bits per heavy atom. The van der Waals surface area contributed by atoms with E-state index in [2.05, 4.69) is 44.8 Å². The van der Waals surface area contributed by atoms with Crippen LogP contribution in [0, 0.1) is 13.8 Å². The van der Waals surface area contributed by atoms with Gasteiger partial charge in [-0.1, -0.05) is 35.6 Å². The Balaban J connectivity index is 1.69. The third-order valence-corrected chi connectivity index (χ3v) is 4.07. The van der Waals surface area contributed by atoms with Crippen molar-refractivity contribution in [3.63, 3.8) is 0 Å². The van der Waals surface area contributed by atoms with Crippen molar-refractivity contribution in [1.29, 1.82) is 0 Å². The number of anilines is 1. The van der Waals surface area contributed by atoms with Crippen LogP contribution in [0.3, 0.4) is 0 Å². The molecule has 0 radical (unpaired) electrons. The second-order valence-electron chi connectivity index (χ2n) is 4.99. The summed E-state index contributed by atoms with van der Waals surface area (Å²) in [6.45, 7) is 3.91. The lowest BCUT2D eigenvalue weighted by atomic mass is 10.1. The molecule has 7 heteroatoms. The summed E-state index contributed by atoms with van der Waals surface area (Å²) in [4.78, 5) is 12.0. The van der Waals surface area contributed by atoms with Crippen molar-refractivity contribution in [3.8, 4) is 0 Å². The zero-order chi connectivity index (χ0) is 15.5. The molecular formula is C15H15N5OS. The molecule has 1 aromatic carbocycles. The largest absolute Gasteiger partial charge is 0.295 e. The van der Waals surface area contributed by atoms with Gasteiger partial charge in [0, 0.05) is 12.1 Å². The molecule has 0 saturated heterocycles. The summed E-state index contributed by atoms with van der Waals surface area (Å²) in [5, 5.41) is 18.9. The van der Waals surface area contributed by atoms with Crippen molar-refractivity contribution in [1.82, 2.24) is 20.4 Å². The molecule has 2 heterocycles. The van der Waals surface area contributed by atoms with Gasteiger partial charge in [-0.05, 0) is 31.0 Å². The molecule has 2 aromatic heterocycles. The van der Waals surface area contributed by atoms with Crippen LogP contribution in [0.5, 0.6) is 0 Å². The van der Waals surface area contributed by atoms with Crippen LogP contribution in [0.4, 0.5) is 5.13 Å². The van der Waals surface area contributed by atoms with Crippen LogP contribution < -0.4 is 5.32 Å². The van der Waals surface area contributed by atoms with Crippen LogP contribution in [0.15, 0.2) is 30.3 Å². The topological polar surface area (TPSA) is 83.6 Å². The third kappa shape index (κ3) is 3.20. The summed E-state index contributed by atoms with van der Waals surface area (Å²) in [7, 11) is 0. The van der Waals surface area contributed by atoms with Gasteiger partial charge in [0.1, 0.15) is 5.01 Å². The number of carbonyl (C=O) groups is 1. The molecule has 3 rings (SSSR count). The minimum absolute atomic E-state index is 0.289. The van der Waals surface area contributed by atoms with Gasteiger partial charge in [0.05, 0.1) is 0 Å². The van der Waals surface area contributed by atoms with E-state index < -0.39 is 0 Å². The van der Waals surface area contributed by atoms with Gasteiger partial charge in [-0.25, -0.2) is 0 Å². The zero-order valence-electron chi connectivity index (χ0n) is 12.3. The van der Waals surface area contributed by atoms with Crippen molar-refractivity contribution in [3.05, 3.63) is 57.9 Å². The fourth-order valence-corrected chi connectivity index (χ4v) is 2.80. The molecule has 0 saturated carbocycles. The molecule has 22 heavy (non-hydrogen) atoms. The molecule has 0 spiro atoms. The number of carbonyl (C=O) groups excluding carboxylic acids is 1. The number of nitrogens with zero attached hydrogens (tertiary/aromatic N) is 3. The molecular weight excluding hydrogens is 298 g/mol. The van der Waals surface area contributed by atoms with Crippen molar-refractivity contribution in [2.24, 2.45) is 0 Å². The first-order chi connectivity index (χ1) is 10.6. The van der Waals surface area contributed by atoms with Gasteiger partial charge in [-0.15, -0.1) is 10.2 Å². The van der Waals surface area contributed by atoms with Crippen LogP contribution >= 0.6 is 11.3 Å². The fraction of sp³-hybridized carbons (Fsp3) is 0.200. The minimum Gasteiger partial charge on any atom is -0.295 e. The monoisotopic (exact) mass is 313 g/mol. The van der Waals surface area contributed by atoms with Crippen LogP contribution in [-0.4, -0.2) is 26.3 Å². The van der Waals surface area contributed by atoms with E-state index >= 15 is 0 Å². The number of H-pyrrole nitrogens is 1. The highest BCUT2D eigenvalue weighted by atomic mass is 32.1. The zero-order valence-corrected chi connectivity index (χ0v) is 13.1. The van der Waals surface area contributed by atoms with Gasteiger partial charge in [-0.2, -0.15) is 5.10 Å². The number of rotatable bonds is 4. The van der Waals surface area contributed by atoms with E-state index in [1.807, 2.05) is 19.1 Å². The van der Waals surface area contributed by atoms with Crippen LogP contribution in [-0.2, 0) is 6.42 Å². The smallest absolute Gasteiger partial charge is 0.277 e. The lowest BCUT2D eigenvalue weighted by Crippen LogP contribution is -2.12. The Morgan fingerprint density at radius 3 is 2.82 bits per heavy atom. The van der Waals surface area contributed by atoms with E-state index in [1.165, 1.54) is 22.5 Å². The van der Waals surface area contributed by atoms with Gasteiger partial charge in [0.2, 0.25) is 5.13 Å². The van der Waals surface area contributed by atoms with Gasteiger partial charge in [0.25, 0.3) is 5.91 Å². The maximum Gasteiger partial charge on any atom is 0.277 e. The van der Waals surface area contributed by atoms with Gasteiger partial charge in [0.15, 0.2) is 5.69 Å². The van der Waals surface area contributed by atoms with E-state index in [1.54, 1.807) is 6.07 Å². The Hall–Kier alpha value is -2.54. The number of amides is 1. The predicted molar refractivity (Wildman–Crippen MR) is 85.2 cm³/mol. The maximum absolute atomic E-state index is 12.0. The van der Waals surface area contributed by atoms with E-state index in [0.29, 0.717) is 17.2 Å². The first-order valence-electron chi connectivity index (χ1n) is 6.82. The number of aromatic nitrogens is 4. The van der Waals surface area contributed by atoms with Gasteiger partial charge in [-0.3, -0.25) is 15.2 Å². The van der Waals surface area contributed by atoms with Crippen molar-refractivity contribution < 1.29 is 4.79 Å². The molecule has 112 valence electrons. The second-order valence-corrected chi connectivity index (χ2v) is 6.06. The van der Waals surface area contributed by atoms with Crippen molar-refractivity contribution >= 4 is 22.4 Å². The Morgan fingerprint density at radius 1 is 1.27 bits per heavy atom. The molecule has 0 aliphatic rings. The van der Waals surface area contributed by atoms with E-state index in [4.69, 9.17) is 0 Å². The average molecular weight is 313 g/mol. The number of nitrogens with one attached hydrogen (secondary N) is 2. The minimum atomic E-state index is -0.289. The highest BCUT2D eigenvalue weighted by Crippen LogP contribution is 2.20. The first-order valence-corrected chi connectivity index (χ1v) is 7.64. The Labute approximate surface area is 131 Å². The SMILES string of the molecule is Cc1cc(C(=O)Nc2nnc(Cc3ccccc3C)s2)n[nH]1. The molecule has 0 fully saturated rings. The fourth-order valence-electron chi connectivity index (χ4n) is 2.04. The molecule has 3 aromatic rings. The molecule has 0 unspecified atom stereocenters. The van der Waals surface area contributed by atoms with E-state index in [-0.39, 0.29) is 5.91 Å². The number of hydrogen-bond acceptors (Lipinski definition) is 5. The number of hydrogen-bond donors (Lipinski definition) is 2. The highest BCUT2D eigenvalue weighted by Gasteiger charge is 2.13. The first kappa shape index (κ1) is 14.4. The summed E-state index contributed by atoms with van der Waals surface area (Å²) in [6, 6.07) is 9.84. The number of aromatic amines is 1. The van der Waals surface area contributed by atoms with Crippen LogP contribution in [0.1, 0.15) is 32.3 Å². The van der Waals surface area contributed by atoms with E-state index in [0.717, 1.165) is 10.7 Å². The quantitative estimate of drug-likeness (QED) is 0.775. The van der Waals surface area contributed by atoms with E-state index in [9.17, 15) is 4.79 Å².